The van der Waals surface area contributed by atoms with Crippen LogP contribution in [0.4, 0.5) is 0 Å². The first kappa shape index (κ1) is 22.5. The van der Waals surface area contributed by atoms with Gasteiger partial charge in [0.1, 0.15) is 6.04 Å². The number of hydrogen-bond acceptors (Lipinski definition) is 4. The van der Waals surface area contributed by atoms with E-state index in [-0.39, 0.29) is 17.2 Å². The Hall–Kier alpha value is -1.14. The minimum absolute atomic E-state index is 0.0505. The third-order valence-electron chi connectivity index (χ3n) is 6.80. The summed E-state index contributed by atoms with van der Waals surface area (Å²) in [4.78, 5) is 28.8. The molecule has 3 rings (SSSR count). The highest BCUT2D eigenvalue weighted by molar-refractivity contribution is 5.90. The van der Waals surface area contributed by atoms with Crippen molar-refractivity contribution in [1.29, 1.82) is 0 Å². The Labute approximate surface area is 176 Å². The zero-order valence-electron chi connectivity index (χ0n) is 18.5. The minimum atomic E-state index is -0.437. The fourth-order valence-corrected chi connectivity index (χ4v) is 4.71. The Kier molecular flexibility index (Phi) is 8.36. The summed E-state index contributed by atoms with van der Waals surface area (Å²) in [6, 6.07) is -0.437. The lowest BCUT2D eigenvalue weighted by Gasteiger charge is -2.41. The van der Waals surface area contributed by atoms with Gasteiger partial charge in [-0.1, -0.05) is 20.3 Å². The summed E-state index contributed by atoms with van der Waals surface area (Å²) in [6.07, 6.45) is 8.95. The second-order valence-electron chi connectivity index (χ2n) is 9.89. The van der Waals surface area contributed by atoms with Gasteiger partial charge >= 0.3 is 0 Å². The zero-order valence-corrected chi connectivity index (χ0v) is 18.5. The van der Waals surface area contributed by atoms with Crippen molar-refractivity contribution in [1.82, 2.24) is 15.5 Å². The molecule has 2 heterocycles. The number of carbonyl (C=O) groups is 2. The maximum absolute atomic E-state index is 13.5. The maximum Gasteiger partial charge on any atom is 0.242 e. The number of nitrogens with zero attached hydrogens (tertiary/aromatic N) is 1. The highest BCUT2D eigenvalue weighted by atomic mass is 16.5. The molecule has 6 heteroatoms. The van der Waals surface area contributed by atoms with E-state index in [4.69, 9.17) is 4.74 Å². The predicted octanol–water partition coefficient (Wildman–Crippen LogP) is 2.72. The predicted molar refractivity (Wildman–Crippen MR) is 115 cm³/mol. The topological polar surface area (TPSA) is 70.7 Å². The van der Waals surface area contributed by atoms with Crippen molar-refractivity contribution in [3.8, 4) is 0 Å². The van der Waals surface area contributed by atoms with E-state index in [0.717, 1.165) is 64.1 Å². The maximum atomic E-state index is 13.5. The third kappa shape index (κ3) is 6.95. The van der Waals surface area contributed by atoms with Crippen LogP contribution in [-0.2, 0) is 14.3 Å². The zero-order chi connectivity index (χ0) is 20.7. The molecular formula is C23H41N3O3. The molecule has 0 bridgehead atoms. The average Bonchev–Trinajstić information content (AvgIpc) is 3.50. The van der Waals surface area contributed by atoms with E-state index in [1.165, 1.54) is 19.4 Å². The Morgan fingerprint density at radius 2 is 1.79 bits per heavy atom. The smallest absolute Gasteiger partial charge is 0.242 e. The van der Waals surface area contributed by atoms with Gasteiger partial charge in [0.15, 0.2) is 0 Å². The molecule has 2 N–H and O–H groups in total. The Bertz CT molecular complexity index is 539. The minimum Gasteiger partial charge on any atom is -0.381 e. The molecular weight excluding hydrogens is 366 g/mol. The Morgan fingerprint density at radius 3 is 2.48 bits per heavy atom. The van der Waals surface area contributed by atoms with Crippen molar-refractivity contribution < 1.29 is 14.3 Å². The van der Waals surface area contributed by atoms with Crippen LogP contribution in [-0.4, -0.2) is 62.1 Å². The summed E-state index contributed by atoms with van der Waals surface area (Å²) in [6.45, 7) is 9.44. The number of piperidine rings is 1. The molecule has 166 valence electrons. The van der Waals surface area contributed by atoms with Crippen LogP contribution in [0.15, 0.2) is 0 Å². The third-order valence-corrected chi connectivity index (χ3v) is 6.80. The van der Waals surface area contributed by atoms with E-state index in [9.17, 15) is 9.59 Å². The number of rotatable bonds is 4. The SMILES string of the molecule is CC(C)C[C@@H]1NC(=O)C2(CCCCOCCCNC1=O)CCN(CC1CC1)CC2. The van der Waals surface area contributed by atoms with Crippen LogP contribution in [0.1, 0.15) is 71.6 Å². The Morgan fingerprint density at radius 1 is 1.07 bits per heavy atom. The number of hydrogen-bond donors (Lipinski definition) is 2. The second kappa shape index (κ2) is 10.8. The van der Waals surface area contributed by atoms with Crippen molar-refractivity contribution in [2.45, 2.75) is 77.7 Å². The van der Waals surface area contributed by atoms with E-state index in [0.29, 0.717) is 25.5 Å². The van der Waals surface area contributed by atoms with E-state index in [1.54, 1.807) is 0 Å². The van der Waals surface area contributed by atoms with Gasteiger partial charge in [-0.2, -0.15) is 0 Å². The lowest BCUT2D eigenvalue weighted by atomic mass is 9.73. The van der Waals surface area contributed by atoms with Crippen molar-refractivity contribution in [3.63, 3.8) is 0 Å². The molecule has 1 atom stereocenters. The number of nitrogens with one attached hydrogen (secondary N) is 2. The average molecular weight is 408 g/mol. The van der Waals surface area contributed by atoms with Gasteiger partial charge < -0.3 is 20.3 Å². The lowest BCUT2D eigenvalue weighted by molar-refractivity contribution is -0.138. The van der Waals surface area contributed by atoms with Crippen molar-refractivity contribution in [2.24, 2.45) is 17.3 Å². The van der Waals surface area contributed by atoms with Crippen LogP contribution >= 0.6 is 0 Å². The van der Waals surface area contributed by atoms with Gasteiger partial charge in [0.25, 0.3) is 0 Å². The van der Waals surface area contributed by atoms with Gasteiger partial charge in [-0.05, 0) is 76.3 Å². The summed E-state index contributed by atoms with van der Waals surface area (Å²) in [5.74, 6) is 1.29. The molecule has 2 saturated heterocycles. The number of carbonyl (C=O) groups excluding carboxylic acids is 2. The Balaban J connectivity index is 1.68. The van der Waals surface area contributed by atoms with E-state index in [2.05, 4.69) is 29.4 Å². The first-order valence-corrected chi connectivity index (χ1v) is 11.9. The molecule has 1 spiro atoms. The molecule has 1 saturated carbocycles. The van der Waals surface area contributed by atoms with Crippen molar-refractivity contribution in [2.75, 3.05) is 39.4 Å². The molecule has 2 aliphatic heterocycles. The molecule has 3 aliphatic rings. The summed E-state index contributed by atoms with van der Waals surface area (Å²) >= 11 is 0. The van der Waals surface area contributed by atoms with Crippen molar-refractivity contribution in [3.05, 3.63) is 0 Å². The quantitative estimate of drug-likeness (QED) is 0.752. The van der Waals surface area contributed by atoms with Crippen LogP contribution in [0.5, 0.6) is 0 Å². The first-order valence-electron chi connectivity index (χ1n) is 11.9. The van der Waals surface area contributed by atoms with Crippen LogP contribution in [0.25, 0.3) is 0 Å². The summed E-state index contributed by atoms with van der Waals surface area (Å²) in [5, 5.41) is 6.18. The standard InChI is InChI=1S/C23H41N3O3/c1-18(2)16-20-21(27)24-11-5-15-29-14-4-3-8-23(22(28)25-20)9-12-26(13-10-23)17-19-6-7-19/h18-20H,3-17H2,1-2H3,(H,24,27)(H,25,28)/t20-/m0/s1. The molecule has 3 fully saturated rings. The van der Waals surface area contributed by atoms with Crippen LogP contribution in [0, 0.1) is 17.3 Å². The summed E-state index contributed by atoms with van der Waals surface area (Å²) < 4.78 is 5.72. The normalized spacial score (nSPS) is 28.0. The molecule has 1 aliphatic carbocycles. The molecule has 2 amide bonds. The molecule has 0 aromatic rings. The number of ether oxygens (including phenoxy) is 1. The van der Waals surface area contributed by atoms with E-state index in [1.807, 2.05) is 0 Å². The molecule has 0 unspecified atom stereocenters. The second-order valence-corrected chi connectivity index (χ2v) is 9.89. The summed E-state index contributed by atoms with van der Waals surface area (Å²) in [5.41, 5.74) is -0.334. The van der Waals surface area contributed by atoms with Gasteiger partial charge in [-0.15, -0.1) is 0 Å². The van der Waals surface area contributed by atoms with Crippen LogP contribution in [0.2, 0.25) is 0 Å². The van der Waals surface area contributed by atoms with E-state index < -0.39 is 6.04 Å². The molecule has 6 nitrogen and oxygen atoms in total. The van der Waals surface area contributed by atoms with Gasteiger partial charge in [-0.3, -0.25) is 9.59 Å². The number of likely N-dealkylation sites (tertiary alicyclic amines) is 1. The fraction of sp³-hybridized carbons (Fsp3) is 0.913. The highest BCUT2D eigenvalue weighted by Gasteiger charge is 2.42. The molecule has 0 aromatic carbocycles. The largest absolute Gasteiger partial charge is 0.381 e. The monoisotopic (exact) mass is 407 g/mol. The van der Waals surface area contributed by atoms with Gasteiger partial charge in [0.05, 0.1) is 5.41 Å². The fourth-order valence-electron chi connectivity index (χ4n) is 4.71. The summed E-state index contributed by atoms with van der Waals surface area (Å²) in [7, 11) is 0. The molecule has 0 radical (unpaired) electrons. The van der Waals surface area contributed by atoms with Gasteiger partial charge in [0.2, 0.25) is 11.8 Å². The molecule has 29 heavy (non-hydrogen) atoms. The van der Waals surface area contributed by atoms with Crippen molar-refractivity contribution >= 4 is 11.8 Å². The van der Waals surface area contributed by atoms with Gasteiger partial charge in [-0.25, -0.2) is 0 Å². The first-order chi connectivity index (χ1) is 14.0. The van der Waals surface area contributed by atoms with Crippen LogP contribution < -0.4 is 10.6 Å². The number of amides is 2. The van der Waals surface area contributed by atoms with Crippen LogP contribution in [0.3, 0.4) is 0 Å². The van der Waals surface area contributed by atoms with E-state index >= 15 is 0 Å². The highest BCUT2D eigenvalue weighted by Crippen LogP contribution is 2.39. The van der Waals surface area contributed by atoms with Gasteiger partial charge in [0, 0.05) is 26.3 Å². The molecule has 0 aromatic heterocycles. The lowest BCUT2D eigenvalue weighted by Crippen LogP contribution is -2.55.